The fourth-order valence-corrected chi connectivity index (χ4v) is 3.19. The molecule has 0 radical (unpaired) electrons. The standard InChI is InChI=1S/C19H32N4O3/c1-7-16-15(8-9-22(16)17(24)12-26-19(4,5)6)21-18(25)14-10-20-23(11-14)13(2)3/h10-11,13,15-16H,7-9,12H2,1-6H3,(H,21,25)/t15-,16+/m0/s1. The molecule has 1 saturated heterocycles. The molecule has 0 bridgehead atoms. The maximum absolute atomic E-state index is 12.5. The van der Waals surface area contributed by atoms with Crippen molar-refractivity contribution in [1.29, 1.82) is 0 Å². The van der Waals surface area contributed by atoms with E-state index in [1.807, 2.05) is 46.4 Å². The van der Waals surface area contributed by atoms with Gasteiger partial charge in [0, 0.05) is 18.8 Å². The summed E-state index contributed by atoms with van der Waals surface area (Å²) in [6, 6.07) is 0.158. The molecule has 2 amide bonds. The van der Waals surface area contributed by atoms with E-state index in [0.29, 0.717) is 12.1 Å². The fraction of sp³-hybridized carbons (Fsp3) is 0.737. The fourth-order valence-electron chi connectivity index (χ4n) is 3.19. The van der Waals surface area contributed by atoms with Crippen LogP contribution in [0, 0.1) is 0 Å². The first-order chi connectivity index (χ1) is 12.1. The minimum Gasteiger partial charge on any atom is -0.366 e. The summed E-state index contributed by atoms with van der Waals surface area (Å²) in [5, 5.41) is 7.29. The molecule has 2 rings (SSSR count). The number of aromatic nitrogens is 2. The van der Waals surface area contributed by atoms with E-state index >= 15 is 0 Å². The van der Waals surface area contributed by atoms with Crippen molar-refractivity contribution in [3.63, 3.8) is 0 Å². The summed E-state index contributed by atoms with van der Waals surface area (Å²) in [4.78, 5) is 26.9. The second-order valence-electron chi connectivity index (χ2n) is 8.14. The average molecular weight is 364 g/mol. The molecular formula is C19H32N4O3. The highest BCUT2D eigenvalue weighted by atomic mass is 16.5. The number of ether oxygens (including phenoxy) is 1. The van der Waals surface area contributed by atoms with Crippen LogP contribution in [-0.4, -0.2) is 57.3 Å². The molecule has 7 nitrogen and oxygen atoms in total. The Morgan fingerprint density at radius 3 is 2.62 bits per heavy atom. The van der Waals surface area contributed by atoms with Gasteiger partial charge in [0.25, 0.3) is 5.91 Å². The lowest BCUT2D eigenvalue weighted by atomic mass is 10.1. The third-order valence-electron chi connectivity index (χ3n) is 4.62. The third kappa shape index (κ3) is 5.06. The van der Waals surface area contributed by atoms with Crippen LogP contribution in [0.25, 0.3) is 0 Å². The highest BCUT2D eigenvalue weighted by Gasteiger charge is 2.37. The zero-order valence-corrected chi connectivity index (χ0v) is 16.8. The van der Waals surface area contributed by atoms with E-state index < -0.39 is 0 Å². The number of nitrogens with one attached hydrogen (secondary N) is 1. The SMILES string of the molecule is CC[C@@H]1[C@@H](NC(=O)c2cnn(C(C)C)c2)CCN1C(=O)COC(C)(C)C. The van der Waals surface area contributed by atoms with Crippen LogP contribution in [0.2, 0.25) is 0 Å². The van der Waals surface area contributed by atoms with Gasteiger partial charge in [-0.1, -0.05) is 6.92 Å². The van der Waals surface area contributed by atoms with Crippen LogP contribution in [-0.2, 0) is 9.53 Å². The summed E-state index contributed by atoms with van der Waals surface area (Å²) >= 11 is 0. The molecule has 2 atom stereocenters. The molecule has 2 heterocycles. The number of hydrogen-bond donors (Lipinski definition) is 1. The Bertz CT molecular complexity index is 633. The van der Waals surface area contributed by atoms with Crippen LogP contribution in [0.5, 0.6) is 0 Å². The minimum atomic E-state index is -0.346. The van der Waals surface area contributed by atoms with Gasteiger partial charge in [-0.05, 0) is 47.5 Å². The molecule has 0 spiro atoms. The highest BCUT2D eigenvalue weighted by molar-refractivity contribution is 5.94. The molecule has 26 heavy (non-hydrogen) atoms. The van der Waals surface area contributed by atoms with E-state index in [0.717, 1.165) is 12.8 Å². The molecule has 1 fully saturated rings. The van der Waals surface area contributed by atoms with Crippen LogP contribution in [0.3, 0.4) is 0 Å². The van der Waals surface area contributed by atoms with Crippen molar-refractivity contribution in [3.05, 3.63) is 18.0 Å². The first-order valence-electron chi connectivity index (χ1n) is 9.40. The van der Waals surface area contributed by atoms with Crippen molar-refractivity contribution < 1.29 is 14.3 Å². The molecule has 0 aliphatic carbocycles. The van der Waals surface area contributed by atoms with Crippen LogP contribution < -0.4 is 5.32 Å². The lowest BCUT2D eigenvalue weighted by molar-refractivity contribution is -0.142. The number of carbonyl (C=O) groups excluding carboxylic acids is 2. The summed E-state index contributed by atoms with van der Waals surface area (Å²) in [6.45, 7) is 12.6. The summed E-state index contributed by atoms with van der Waals surface area (Å²) in [5.74, 6) is -0.156. The van der Waals surface area contributed by atoms with Gasteiger partial charge >= 0.3 is 0 Å². The molecule has 1 aromatic heterocycles. The minimum absolute atomic E-state index is 0.00448. The Morgan fingerprint density at radius 2 is 2.08 bits per heavy atom. The Balaban J connectivity index is 1.97. The van der Waals surface area contributed by atoms with E-state index in [1.165, 1.54) is 0 Å². The Labute approximate surface area is 156 Å². The quantitative estimate of drug-likeness (QED) is 0.841. The monoisotopic (exact) mass is 364 g/mol. The topological polar surface area (TPSA) is 76.5 Å². The lowest BCUT2D eigenvalue weighted by Gasteiger charge is -2.29. The molecular weight excluding hydrogens is 332 g/mol. The van der Waals surface area contributed by atoms with Gasteiger partial charge in [0.15, 0.2) is 0 Å². The van der Waals surface area contributed by atoms with Crippen LogP contribution in [0.4, 0.5) is 0 Å². The van der Waals surface area contributed by atoms with Crippen molar-refractivity contribution in [3.8, 4) is 0 Å². The highest BCUT2D eigenvalue weighted by Crippen LogP contribution is 2.22. The van der Waals surface area contributed by atoms with Gasteiger partial charge in [-0.2, -0.15) is 5.10 Å². The van der Waals surface area contributed by atoms with Crippen molar-refractivity contribution in [1.82, 2.24) is 20.0 Å². The molecule has 0 aromatic carbocycles. The first-order valence-corrected chi connectivity index (χ1v) is 9.40. The molecule has 146 valence electrons. The van der Waals surface area contributed by atoms with Gasteiger partial charge in [0.2, 0.25) is 5.91 Å². The van der Waals surface area contributed by atoms with Crippen molar-refractivity contribution in [2.75, 3.05) is 13.2 Å². The van der Waals surface area contributed by atoms with Gasteiger partial charge in [-0.3, -0.25) is 14.3 Å². The second kappa shape index (κ2) is 8.20. The van der Waals surface area contributed by atoms with Gasteiger partial charge in [0.05, 0.1) is 29.4 Å². The summed E-state index contributed by atoms with van der Waals surface area (Å²) in [7, 11) is 0. The van der Waals surface area contributed by atoms with Gasteiger partial charge in [0.1, 0.15) is 6.61 Å². The smallest absolute Gasteiger partial charge is 0.254 e. The largest absolute Gasteiger partial charge is 0.366 e. The van der Waals surface area contributed by atoms with E-state index in [1.54, 1.807) is 17.1 Å². The average Bonchev–Trinajstić information content (AvgIpc) is 3.18. The Morgan fingerprint density at radius 1 is 1.38 bits per heavy atom. The van der Waals surface area contributed by atoms with Gasteiger partial charge < -0.3 is 15.0 Å². The lowest BCUT2D eigenvalue weighted by Crippen LogP contribution is -2.47. The van der Waals surface area contributed by atoms with Gasteiger partial charge in [-0.15, -0.1) is 0 Å². The molecule has 1 aliphatic rings. The van der Waals surface area contributed by atoms with E-state index in [2.05, 4.69) is 10.4 Å². The van der Waals surface area contributed by atoms with Crippen molar-refractivity contribution in [2.24, 2.45) is 0 Å². The van der Waals surface area contributed by atoms with Crippen LogP contribution in [0.15, 0.2) is 12.4 Å². The summed E-state index contributed by atoms with van der Waals surface area (Å²) in [5.41, 5.74) is 0.204. The Kier molecular flexibility index (Phi) is 6.44. The number of hydrogen-bond acceptors (Lipinski definition) is 4. The number of amides is 2. The number of nitrogens with zero attached hydrogens (tertiary/aromatic N) is 3. The van der Waals surface area contributed by atoms with Gasteiger partial charge in [-0.25, -0.2) is 0 Å². The predicted molar refractivity (Wildman–Crippen MR) is 100.0 cm³/mol. The summed E-state index contributed by atoms with van der Waals surface area (Å²) < 4.78 is 7.38. The number of carbonyl (C=O) groups is 2. The Hall–Kier alpha value is -1.89. The first kappa shape index (κ1) is 20.4. The third-order valence-corrected chi connectivity index (χ3v) is 4.62. The summed E-state index contributed by atoms with van der Waals surface area (Å²) in [6.07, 6.45) is 4.89. The number of likely N-dealkylation sites (tertiary alicyclic amines) is 1. The zero-order valence-electron chi connectivity index (χ0n) is 16.8. The van der Waals surface area contributed by atoms with Crippen LogP contribution in [0.1, 0.15) is 70.8 Å². The van der Waals surface area contributed by atoms with Crippen LogP contribution >= 0.6 is 0 Å². The predicted octanol–water partition coefficient (Wildman–Crippen LogP) is 2.39. The molecule has 1 aromatic rings. The molecule has 1 aliphatic heterocycles. The van der Waals surface area contributed by atoms with E-state index in [9.17, 15) is 9.59 Å². The van der Waals surface area contributed by atoms with E-state index in [4.69, 9.17) is 4.74 Å². The number of rotatable bonds is 6. The molecule has 0 unspecified atom stereocenters. The molecule has 0 saturated carbocycles. The molecule has 1 N–H and O–H groups in total. The van der Waals surface area contributed by atoms with E-state index in [-0.39, 0.29) is 42.1 Å². The normalized spacial score (nSPS) is 20.7. The second-order valence-corrected chi connectivity index (χ2v) is 8.14. The zero-order chi connectivity index (χ0) is 19.5. The maximum atomic E-state index is 12.5. The van der Waals surface area contributed by atoms with Crippen molar-refractivity contribution >= 4 is 11.8 Å². The van der Waals surface area contributed by atoms with Crippen molar-refractivity contribution in [2.45, 2.75) is 78.1 Å². The maximum Gasteiger partial charge on any atom is 0.254 e. The molecule has 7 heteroatoms.